The molecule has 9 heteroatoms. The van der Waals surface area contributed by atoms with E-state index in [1.165, 1.54) is 12.1 Å². The van der Waals surface area contributed by atoms with Crippen molar-refractivity contribution in [1.29, 1.82) is 0 Å². The molecule has 0 atom stereocenters. The van der Waals surface area contributed by atoms with Gasteiger partial charge in [-0.2, -0.15) is 8.78 Å². The molecule has 0 fully saturated rings. The number of hydrogen-bond donors (Lipinski definition) is 2. The summed E-state index contributed by atoms with van der Waals surface area (Å²) in [5, 5.41) is 10.2. The summed E-state index contributed by atoms with van der Waals surface area (Å²) in [5.74, 6) is -6.39. The van der Waals surface area contributed by atoms with Crippen molar-refractivity contribution < 1.29 is 32.3 Å². The van der Waals surface area contributed by atoms with E-state index in [4.69, 9.17) is 5.11 Å². The highest BCUT2D eigenvalue weighted by Crippen LogP contribution is 2.25. The van der Waals surface area contributed by atoms with E-state index in [1.54, 1.807) is 12.2 Å². The second-order valence-corrected chi connectivity index (χ2v) is 5.16. The molecule has 0 aliphatic rings. The van der Waals surface area contributed by atoms with E-state index < -0.39 is 30.8 Å². The van der Waals surface area contributed by atoms with Gasteiger partial charge in [-0.05, 0) is 24.6 Å². The van der Waals surface area contributed by atoms with Crippen LogP contribution in [0, 0.1) is 6.92 Å². The largest absolute Gasteiger partial charge is 0.478 e. The molecule has 1 aromatic rings. The Balaban J connectivity index is 2.76. The lowest BCUT2D eigenvalue weighted by Gasteiger charge is -2.15. The lowest BCUT2D eigenvalue weighted by atomic mass is 10.2. The van der Waals surface area contributed by atoms with E-state index >= 15 is 0 Å². The minimum Gasteiger partial charge on any atom is -0.478 e. The van der Waals surface area contributed by atoms with Gasteiger partial charge < -0.3 is 10.4 Å². The molecule has 0 unspecified atom stereocenters. The van der Waals surface area contributed by atoms with Crippen molar-refractivity contribution in [2.75, 3.05) is 6.54 Å². The number of carboxylic acids is 1. The molecule has 1 amide bonds. The number of carboxylic acid groups (broad SMARTS) is 1. The van der Waals surface area contributed by atoms with Crippen LogP contribution >= 0.6 is 11.3 Å². The highest BCUT2D eigenvalue weighted by molar-refractivity contribution is 7.15. The van der Waals surface area contributed by atoms with E-state index in [9.17, 15) is 27.2 Å². The van der Waals surface area contributed by atoms with E-state index in [2.05, 4.69) is 0 Å². The second kappa shape index (κ2) is 6.70. The lowest BCUT2D eigenvalue weighted by Crippen LogP contribution is -2.41. The molecule has 0 saturated heterocycles. The first-order valence-corrected chi connectivity index (χ1v) is 6.40. The van der Waals surface area contributed by atoms with Gasteiger partial charge in [0, 0.05) is 11.0 Å². The van der Waals surface area contributed by atoms with Gasteiger partial charge in [0.1, 0.15) is 0 Å². The van der Waals surface area contributed by atoms with Crippen LogP contribution in [-0.4, -0.2) is 35.9 Å². The highest BCUT2D eigenvalue weighted by Gasteiger charge is 2.40. The molecule has 1 aromatic heterocycles. The van der Waals surface area contributed by atoms with Crippen molar-refractivity contribution in [3.05, 3.63) is 27.5 Å². The molecule has 1 rings (SSSR count). The Morgan fingerprint density at radius 3 is 2.62 bits per heavy atom. The Kier molecular flexibility index (Phi) is 5.47. The smallest absolute Gasteiger partial charge is 0.328 e. The quantitative estimate of drug-likeness (QED) is 0.624. The minimum absolute atomic E-state index is 0.0302. The fraction of sp³-hybridized carbons (Fsp3) is 0.333. The summed E-state index contributed by atoms with van der Waals surface area (Å²) in [6.07, 6.45) is -1.74. The number of aryl methyl sites for hydroxylation is 1. The van der Waals surface area contributed by atoms with Gasteiger partial charge in [-0.3, -0.25) is 4.79 Å². The van der Waals surface area contributed by atoms with Crippen LogP contribution in [0.25, 0.3) is 6.08 Å². The maximum Gasteiger partial charge on any atom is 0.328 e. The molecule has 2 N–H and O–H groups in total. The van der Waals surface area contributed by atoms with E-state index in [-0.39, 0.29) is 4.88 Å². The van der Waals surface area contributed by atoms with E-state index in [0.29, 0.717) is 10.4 Å². The minimum atomic E-state index is -4.30. The van der Waals surface area contributed by atoms with Crippen molar-refractivity contribution in [2.24, 2.45) is 0 Å². The topological polar surface area (TPSA) is 66.4 Å². The lowest BCUT2D eigenvalue weighted by molar-refractivity contribution is -0.131. The van der Waals surface area contributed by atoms with Crippen molar-refractivity contribution in [1.82, 2.24) is 5.32 Å². The van der Waals surface area contributed by atoms with Crippen molar-refractivity contribution in [3.8, 4) is 0 Å². The van der Waals surface area contributed by atoms with Crippen molar-refractivity contribution >= 4 is 29.3 Å². The normalized spacial score (nSPS) is 12.1. The number of amides is 1. The molecular formula is C12H11F4NO3S. The van der Waals surface area contributed by atoms with Crippen LogP contribution < -0.4 is 5.32 Å². The summed E-state index contributed by atoms with van der Waals surface area (Å²) >= 11 is 0.874. The monoisotopic (exact) mass is 325 g/mol. The fourth-order valence-electron chi connectivity index (χ4n) is 1.28. The Hall–Kier alpha value is -1.90. The number of alkyl halides is 4. The van der Waals surface area contributed by atoms with Crippen LogP contribution in [0.15, 0.2) is 12.1 Å². The van der Waals surface area contributed by atoms with Crippen LogP contribution in [-0.2, 0) is 4.79 Å². The zero-order chi connectivity index (χ0) is 16.2. The van der Waals surface area contributed by atoms with Gasteiger partial charge in [0.05, 0.1) is 11.4 Å². The standard InChI is InChI=1S/C12H11F4NO3S/c1-6-4-8(21-7(6)2-3-9(18)19)10(20)17-5-12(15,16)11(13)14/h2-4,11H,5H2,1H3,(H,17,20)(H,18,19)/b3-2+. The first-order chi connectivity index (χ1) is 9.63. The molecular weight excluding hydrogens is 314 g/mol. The third-order valence-corrected chi connectivity index (χ3v) is 3.56. The number of aliphatic carboxylic acids is 1. The van der Waals surface area contributed by atoms with Crippen LogP contribution in [0.4, 0.5) is 17.6 Å². The molecule has 0 aliphatic heterocycles. The average Bonchev–Trinajstić information content (AvgIpc) is 2.75. The number of carbonyl (C=O) groups excluding carboxylic acids is 1. The maximum absolute atomic E-state index is 12.7. The van der Waals surface area contributed by atoms with Gasteiger partial charge in [-0.15, -0.1) is 11.3 Å². The summed E-state index contributed by atoms with van der Waals surface area (Å²) in [4.78, 5) is 22.5. The number of rotatable bonds is 6. The number of carbonyl (C=O) groups is 2. The molecule has 0 aromatic carbocycles. The number of halogens is 4. The van der Waals surface area contributed by atoms with E-state index in [0.717, 1.165) is 17.4 Å². The zero-order valence-corrected chi connectivity index (χ0v) is 11.5. The van der Waals surface area contributed by atoms with Gasteiger partial charge in [0.2, 0.25) is 0 Å². The summed E-state index contributed by atoms with van der Waals surface area (Å²) in [5.41, 5.74) is 0.572. The summed E-state index contributed by atoms with van der Waals surface area (Å²) in [6.45, 7) is 0.128. The molecule has 0 saturated carbocycles. The Morgan fingerprint density at radius 1 is 1.48 bits per heavy atom. The first kappa shape index (κ1) is 17.2. The van der Waals surface area contributed by atoms with Gasteiger partial charge in [0.25, 0.3) is 5.91 Å². The molecule has 0 bridgehead atoms. The SMILES string of the molecule is Cc1cc(C(=O)NCC(F)(F)C(F)F)sc1/C=C/C(=O)O. The molecule has 0 aliphatic carbocycles. The maximum atomic E-state index is 12.7. The van der Waals surface area contributed by atoms with E-state index in [1.807, 2.05) is 0 Å². The molecule has 0 radical (unpaired) electrons. The Morgan fingerprint density at radius 2 is 2.10 bits per heavy atom. The van der Waals surface area contributed by atoms with Crippen LogP contribution in [0.1, 0.15) is 20.1 Å². The number of nitrogens with one attached hydrogen (secondary N) is 1. The zero-order valence-electron chi connectivity index (χ0n) is 10.7. The fourth-order valence-corrected chi connectivity index (χ4v) is 2.28. The first-order valence-electron chi connectivity index (χ1n) is 5.59. The van der Waals surface area contributed by atoms with Gasteiger partial charge >= 0.3 is 18.3 Å². The Labute approximate surface area is 121 Å². The molecule has 21 heavy (non-hydrogen) atoms. The molecule has 0 spiro atoms. The third-order valence-electron chi connectivity index (χ3n) is 2.36. The molecule has 1 heterocycles. The van der Waals surface area contributed by atoms with Crippen molar-refractivity contribution in [3.63, 3.8) is 0 Å². The second-order valence-electron chi connectivity index (χ2n) is 4.07. The summed E-state index contributed by atoms with van der Waals surface area (Å²) in [6, 6.07) is 1.36. The van der Waals surface area contributed by atoms with Crippen LogP contribution in [0.3, 0.4) is 0 Å². The summed E-state index contributed by atoms with van der Waals surface area (Å²) < 4.78 is 49.3. The predicted octanol–water partition coefficient (Wildman–Crippen LogP) is 2.78. The number of thiophene rings is 1. The molecule has 116 valence electrons. The molecule has 4 nitrogen and oxygen atoms in total. The summed E-state index contributed by atoms with van der Waals surface area (Å²) in [7, 11) is 0. The average molecular weight is 325 g/mol. The van der Waals surface area contributed by atoms with Crippen LogP contribution in [0.5, 0.6) is 0 Å². The van der Waals surface area contributed by atoms with Crippen LogP contribution in [0.2, 0.25) is 0 Å². The Bertz CT molecular complexity index is 569. The third kappa shape index (κ3) is 4.85. The van der Waals surface area contributed by atoms with Gasteiger partial charge in [-0.1, -0.05) is 0 Å². The highest BCUT2D eigenvalue weighted by atomic mass is 32.1. The predicted molar refractivity (Wildman–Crippen MR) is 69.0 cm³/mol. The van der Waals surface area contributed by atoms with Crippen molar-refractivity contribution in [2.45, 2.75) is 19.3 Å². The van der Waals surface area contributed by atoms with Gasteiger partial charge in [0.15, 0.2) is 0 Å². The number of hydrogen-bond acceptors (Lipinski definition) is 3. The van der Waals surface area contributed by atoms with Gasteiger partial charge in [-0.25, -0.2) is 13.6 Å².